The number of aliphatic hydroxyl groups is 1. The molecule has 0 unspecified atom stereocenters. The lowest BCUT2D eigenvalue weighted by atomic mass is 10.0. The first-order chi connectivity index (χ1) is 7.86. The SMILES string of the molecule is CN(C(=O)Cc1ccc(N)cn1)C(C)(C)CO. The molecule has 1 aromatic heterocycles. The molecule has 0 saturated carbocycles. The van der Waals surface area contributed by atoms with Gasteiger partial charge in [0.05, 0.1) is 30.5 Å². The Labute approximate surface area is 101 Å². The van der Waals surface area contributed by atoms with Gasteiger partial charge >= 0.3 is 0 Å². The van der Waals surface area contributed by atoms with Crippen LogP contribution in [0.2, 0.25) is 0 Å². The van der Waals surface area contributed by atoms with Crippen molar-refractivity contribution in [1.82, 2.24) is 9.88 Å². The summed E-state index contributed by atoms with van der Waals surface area (Å²) in [4.78, 5) is 17.6. The lowest BCUT2D eigenvalue weighted by Gasteiger charge is -2.33. The average Bonchev–Trinajstić information content (AvgIpc) is 2.31. The van der Waals surface area contributed by atoms with Gasteiger partial charge in [-0.2, -0.15) is 0 Å². The number of hydrogen-bond acceptors (Lipinski definition) is 4. The number of hydrogen-bond donors (Lipinski definition) is 2. The van der Waals surface area contributed by atoms with Gasteiger partial charge in [-0.3, -0.25) is 9.78 Å². The van der Waals surface area contributed by atoms with Gasteiger partial charge in [0.2, 0.25) is 5.91 Å². The number of aliphatic hydroxyl groups excluding tert-OH is 1. The number of pyridine rings is 1. The van der Waals surface area contributed by atoms with E-state index in [-0.39, 0.29) is 18.9 Å². The van der Waals surface area contributed by atoms with Crippen molar-refractivity contribution in [3.05, 3.63) is 24.0 Å². The van der Waals surface area contributed by atoms with Gasteiger partial charge in [-0.25, -0.2) is 0 Å². The summed E-state index contributed by atoms with van der Waals surface area (Å²) >= 11 is 0. The number of carbonyl (C=O) groups excluding carboxylic acids is 1. The van der Waals surface area contributed by atoms with Crippen LogP contribution >= 0.6 is 0 Å². The Bertz CT molecular complexity index is 387. The van der Waals surface area contributed by atoms with E-state index in [1.807, 2.05) is 0 Å². The largest absolute Gasteiger partial charge is 0.397 e. The van der Waals surface area contributed by atoms with E-state index in [4.69, 9.17) is 5.73 Å². The maximum atomic E-state index is 11.9. The van der Waals surface area contributed by atoms with Crippen LogP contribution in [0.5, 0.6) is 0 Å². The highest BCUT2D eigenvalue weighted by molar-refractivity contribution is 5.78. The third kappa shape index (κ3) is 3.42. The van der Waals surface area contributed by atoms with E-state index in [9.17, 15) is 9.90 Å². The first-order valence-electron chi connectivity index (χ1n) is 5.45. The summed E-state index contributed by atoms with van der Waals surface area (Å²) in [6.07, 6.45) is 1.74. The fraction of sp³-hybridized carbons (Fsp3) is 0.500. The van der Waals surface area contributed by atoms with Gasteiger partial charge in [-0.1, -0.05) is 0 Å². The summed E-state index contributed by atoms with van der Waals surface area (Å²) in [5.74, 6) is -0.0821. The fourth-order valence-corrected chi connectivity index (χ4v) is 1.26. The molecule has 0 atom stereocenters. The highest BCUT2D eigenvalue weighted by Gasteiger charge is 2.26. The highest BCUT2D eigenvalue weighted by atomic mass is 16.3. The molecule has 1 heterocycles. The minimum atomic E-state index is -0.565. The number of rotatable bonds is 4. The van der Waals surface area contributed by atoms with Crippen LogP contribution in [0.15, 0.2) is 18.3 Å². The monoisotopic (exact) mass is 237 g/mol. The predicted molar refractivity (Wildman–Crippen MR) is 66.3 cm³/mol. The van der Waals surface area contributed by atoms with Crippen molar-refractivity contribution in [2.45, 2.75) is 25.8 Å². The molecular weight excluding hydrogens is 218 g/mol. The summed E-state index contributed by atoms with van der Waals surface area (Å²) in [7, 11) is 1.68. The number of amides is 1. The number of aromatic nitrogens is 1. The molecule has 0 saturated heterocycles. The Hall–Kier alpha value is -1.62. The first kappa shape index (κ1) is 13.4. The van der Waals surface area contributed by atoms with Crippen molar-refractivity contribution in [3.63, 3.8) is 0 Å². The quantitative estimate of drug-likeness (QED) is 0.796. The normalized spacial score (nSPS) is 11.3. The second kappa shape index (κ2) is 5.14. The molecule has 1 amide bonds. The molecule has 1 aromatic rings. The second-order valence-corrected chi connectivity index (χ2v) is 4.68. The maximum absolute atomic E-state index is 11.9. The van der Waals surface area contributed by atoms with Gasteiger partial charge < -0.3 is 15.7 Å². The van der Waals surface area contributed by atoms with Gasteiger partial charge in [0.1, 0.15) is 0 Å². The van der Waals surface area contributed by atoms with Crippen molar-refractivity contribution in [1.29, 1.82) is 0 Å². The van der Waals surface area contributed by atoms with Gasteiger partial charge in [0.15, 0.2) is 0 Å². The second-order valence-electron chi connectivity index (χ2n) is 4.68. The van der Waals surface area contributed by atoms with Gasteiger partial charge in [0.25, 0.3) is 0 Å². The van der Waals surface area contributed by atoms with Crippen LogP contribution < -0.4 is 5.73 Å². The molecule has 0 bridgehead atoms. The van der Waals surface area contributed by atoms with Crippen molar-refractivity contribution in [3.8, 4) is 0 Å². The van der Waals surface area contributed by atoms with Crippen molar-refractivity contribution < 1.29 is 9.90 Å². The number of carbonyl (C=O) groups is 1. The number of likely N-dealkylation sites (N-methyl/N-ethyl adjacent to an activating group) is 1. The Morgan fingerprint density at radius 1 is 1.53 bits per heavy atom. The van der Waals surface area contributed by atoms with E-state index in [0.717, 1.165) is 0 Å². The molecule has 17 heavy (non-hydrogen) atoms. The van der Waals surface area contributed by atoms with Crippen LogP contribution in [-0.4, -0.2) is 40.1 Å². The summed E-state index contributed by atoms with van der Waals surface area (Å²) in [6.45, 7) is 3.53. The Kier molecular flexibility index (Phi) is 4.07. The van der Waals surface area contributed by atoms with Crippen LogP contribution in [0, 0.1) is 0 Å². The smallest absolute Gasteiger partial charge is 0.228 e. The lowest BCUT2D eigenvalue weighted by molar-refractivity contribution is -0.135. The Morgan fingerprint density at radius 2 is 2.18 bits per heavy atom. The molecule has 0 aromatic carbocycles. The Morgan fingerprint density at radius 3 is 2.65 bits per heavy atom. The van der Waals surface area contributed by atoms with Crippen molar-refractivity contribution in [2.75, 3.05) is 19.4 Å². The van der Waals surface area contributed by atoms with Crippen molar-refractivity contribution >= 4 is 11.6 Å². The van der Waals surface area contributed by atoms with Gasteiger partial charge in [-0.05, 0) is 26.0 Å². The molecule has 0 fully saturated rings. The molecule has 3 N–H and O–H groups in total. The van der Waals surface area contributed by atoms with E-state index in [2.05, 4.69) is 4.98 Å². The fourth-order valence-electron chi connectivity index (χ4n) is 1.26. The molecule has 1 rings (SSSR count). The molecule has 5 heteroatoms. The zero-order chi connectivity index (χ0) is 13.1. The zero-order valence-electron chi connectivity index (χ0n) is 10.5. The van der Waals surface area contributed by atoms with E-state index in [1.54, 1.807) is 33.0 Å². The third-order valence-electron chi connectivity index (χ3n) is 2.85. The number of nitrogen functional groups attached to an aromatic ring is 1. The molecule has 94 valence electrons. The van der Waals surface area contributed by atoms with Crippen molar-refractivity contribution in [2.24, 2.45) is 0 Å². The van der Waals surface area contributed by atoms with E-state index < -0.39 is 5.54 Å². The van der Waals surface area contributed by atoms with Gasteiger partial charge in [0, 0.05) is 12.7 Å². The van der Waals surface area contributed by atoms with Crippen LogP contribution in [0.3, 0.4) is 0 Å². The van der Waals surface area contributed by atoms with Crippen LogP contribution in [0.4, 0.5) is 5.69 Å². The topological polar surface area (TPSA) is 79.5 Å². The standard InChI is InChI=1S/C12H19N3O2/c1-12(2,8-16)15(3)11(17)6-10-5-4-9(13)7-14-10/h4-5,7,16H,6,8,13H2,1-3H3. The van der Waals surface area contributed by atoms with Crippen LogP contribution in [-0.2, 0) is 11.2 Å². The molecule has 5 nitrogen and oxygen atoms in total. The minimum absolute atomic E-state index is 0.0790. The van der Waals surface area contributed by atoms with E-state index >= 15 is 0 Å². The molecule has 0 aliphatic rings. The molecule has 0 radical (unpaired) electrons. The zero-order valence-corrected chi connectivity index (χ0v) is 10.5. The van der Waals surface area contributed by atoms with Crippen LogP contribution in [0.25, 0.3) is 0 Å². The van der Waals surface area contributed by atoms with E-state index in [0.29, 0.717) is 11.4 Å². The summed E-state index contributed by atoms with van der Waals surface area (Å²) < 4.78 is 0. The third-order valence-corrected chi connectivity index (χ3v) is 2.85. The summed E-state index contributed by atoms with van der Waals surface area (Å²) in [6, 6.07) is 3.44. The number of anilines is 1. The van der Waals surface area contributed by atoms with E-state index in [1.165, 1.54) is 11.1 Å². The molecule has 0 spiro atoms. The maximum Gasteiger partial charge on any atom is 0.228 e. The lowest BCUT2D eigenvalue weighted by Crippen LogP contribution is -2.48. The first-order valence-corrected chi connectivity index (χ1v) is 5.45. The predicted octanol–water partition coefficient (Wildman–Crippen LogP) is 0.436. The Balaban J connectivity index is 2.69. The molecular formula is C12H19N3O2. The highest BCUT2D eigenvalue weighted by Crippen LogP contribution is 2.13. The minimum Gasteiger partial charge on any atom is -0.397 e. The summed E-state index contributed by atoms with van der Waals surface area (Å²) in [5, 5.41) is 9.19. The number of nitrogens with two attached hydrogens (primary N) is 1. The molecule has 0 aliphatic carbocycles. The average molecular weight is 237 g/mol. The molecule has 0 aliphatic heterocycles. The van der Waals surface area contributed by atoms with Crippen LogP contribution in [0.1, 0.15) is 19.5 Å². The summed E-state index contributed by atoms with van der Waals surface area (Å²) in [5.41, 5.74) is 6.20. The number of nitrogens with zero attached hydrogens (tertiary/aromatic N) is 2. The van der Waals surface area contributed by atoms with Gasteiger partial charge in [-0.15, -0.1) is 0 Å².